The number of carbonyl (C=O) groups is 1. The van der Waals surface area contributed by atoms with Gasteiger partial charge in [-0.3, -0.25) is 9.78 Å². The maximum Gasteiger partial charge on any atom is 0.224 e. The molecule has 0 aliphatic carbocycles. The Morgan fingerprint density at radius 1 is 1.14 bits per heavy atom. The van der Waals surface area contributed by atoms with Crippen LogP contribution in [0.4, 0.5) is 5.82 Å². The van der Waals surface area contributed by atoms with Gasteiger partial charge in [0.25, 0.3) is 0 Å². The Morgan fingerprint density at radius 2 is 1.89 bits per heavy atom. The monoisotopic (exact) mass is 374 g/mol. The van der Waals surface area contributed by atoms with Crippen LogP contribution in [0.25, 0.3) is 11.0 Å². The fourth-order valence-electron chi connectivity index (χ4n) is 3.80. The third-order valence-electron chi connectivity index (χ3n) is 5.50. The molecular weight excluding hydrogens is 348 g/mol. The van der Waals surface area contributed by atoms with E-state index in [9.17, 15) is 4.79 Å². The van der Waals surface area contributed by atoms with Gasteiger partial charge in [0.15, 0.2) is 0 Å². The lowest BCUT2D eigenvalue weighted by Gasteiger charge is -2.33. The van der Waals surface area contributed by atoms with Crippen molar-refractivity contribution in [1.29, 1.82) is 0 Å². The van der Waals surface area contributed by atoms with Gasteiger partial charge in [0.1, 0.15) is 5.82 Å². The Kier molecular flexibility index (Phi) is 5.51. The van der Waals surface area contributed by atoms with E-state index in [0.717, 1.165) is 36.2 Å². The van der Waals surface area contributed by atoms with Crippen LogP contribution in [0.2, 0.25) is 0 Å². The summed E-state index contributed by atoms with van der Waals surface area (Å²) in [7, 11) is 0. The molecule has 28 heavy (non-hydrogen) atoms. The van der Waals surface area contributed by atoms with Crippen molar-refractivity contribution in [3.63, 3.8) is 0 Å². The van der Waals surface area contributed by atoms with Gasteiger partial charge in [0.05, 0.1) is 23.1 Å². The highest BCUT2D eigenvalue weighted by Crippen LogP contribution is 2.23. The molecule has 0 spiro atoms. The first-order valence-corrected chi connectivity index (χ1v) is 10.00. The Balaban J connectivity index is 1.38. The molecule has 4 rings (SSSR count). The Labute approximate surface area is 165 Å². The number of rotatable bonds is 5. The molecule has 0 saturated carbocycles. The van der Waals surface area contributed by atoms with E-state index < -0.39 is 0 Å². The third-order valence-corrected chi connectivity index (χ3v) is 5.50. The maximum atomic E-state index is 12.7. The molecule has 1 N–H and O–H groups in total. The van der Waals surface area contributed by atoms with Crippen molar-refractivity contribution in [2.45, 2.75) is 25.7 Å². The smallest absolute Gasteiger partial charge is 0.224 e. The van der Waals surface area contributed by atoms with Gasteiger partial charge in [-0.1, -0.05) is 49.4 Å². The van der Waals surface area contributed by atoms with Crippen molar-refractivity contribution in [1.82, 2.24) is 15.3 Å². The van der Waals surface area contributed by atoms with Crippen LogP contribution >= 0.6 is 0 Å². The highest BCUT2D eigenvalue weighted by molar-refractivity contribution is 5.80. The number of benzene rings is 2. The minimum Gasteiger partial charge on any atom is -0.355 e. The number of nitrogens with zero attached hydrogens (tertiary/aromatic N) is 3. The number of hydrogen-bond donors (Lipinski definition) is 1. The molecule has 3 aromatic rings. The standard InChI is InChI=1S/C23H26N4O/c1-17(18-8-3-2-4-9-18)14-25-23(28)19-10-7-13-27(16-19)22-15-24-20-11-5-6-12-21(20)26-22/h2-6,8-9,11-12,15,17,19H,7,10,13-14,16H2,1H3,(H,25,28). The number of fused-ring (bicyclic) bond motifs is 1. The first-order chi connectivity index (χ1) is 13.7. The molecular formula is C23H26N4O. The molecule has 2 aromatic carbocycles. The Hall–Kier alpha value is -2.95. The summed E-state index contributed by atoms with van der Waals surface area (Å²) in [5, 5.41) is 3.15. The number of carbonyl (C=O) groups excluding carboxylic acids is 1. The first kappa shape index (κ1) is 18.4. The van der Waals surface area contributed by atoms with Crippen LogP contribution in [0.15, 0.2) is 60.8 Å². The van der Waals surface area contributed by atoms with E-state index in [1.54, 1.807) is 0 Å². The molecule has 1 saturated heterocycles. The molecule has 0 radical (unpaired) electrons. The van der Waals surface area contributed by atoms with Crippen molar-refractivity contribution in [2.75, 3.05) is 24.5 Å². The van der Waals surface area contributed by atoms with E-state index in [0.29, 0.717) is 19.0 Å². The average Bonchev–Trinajstić information content (AvgIpc) is 2.77. The number of aromatic nitrogens is 2. The minimum absolute atomic E-state index is 0.00927. The summed E-state index contributed by atoms with van der Waals surface area (Å²) in [6.45, 7) is 4.42. The zero-order valence-corrected chi connectivity index (χ0v) is 16.2. The maximum absolute atomic E-state index is 12.7. The summed E-state index contributed by atoms with van der Waals surface area (Å²) in [5.74, 6) is 1.29. The van der Waals surface area contributed by atoms with E-state index >= 15 is 0 Å². The van der Waals surface area contributed by atoms with E-state index in [2.05, 4.69) is 34.3 Å². The van der Waals surface area contributed by atoms with Crippen LogP contribution in [0.5, 0.6) is 0 Å². The van der Waals surface area contributed by atoms with Gasteiger partial charge in [0.2, 0.25) is 5.91 Å². The number of nitrogens with one attached hydrogen (secondary N) is 1. The van der Waals surface area contributed by atoms with Gasteiger partial charge in [0, 0.05) is 19.6 Å². The van der Waals surface area contributed by atoms with Crippen LogP contribution in [-0.2, 0) is 4.79 Å². The van der Waals surface area contributed by atoms with E-state index in [1.807, 2.05) is 48.7 Å². The molecule has 1 amide bonds. The average molecular weight is 374 g/mol. The SMILES string of the molecule is CC(CNC(=O)C1CCCN(c2cnc3ccccc3n2)C1)c1ccccc1. The van der Waals surface area contributed by atoms with Crippen molar-refractivity contribution >= 4 is 22.8 Å². The van der Waals surface area contributed by atoms with Crippen molar-refractivity contribution in [3.8, 4) is 0 Å². The summed E-state index contributed by atoms with van der Waals surface area (Å²) in [4.78, 5) is 24.2. The van der Waals surface area contributed by atoms with Crippen LogP contribution in [-0.4, -0.2) is 35.5 Å². The highest BCUT2D eigenvalue weighted by Gasteiger charge is 2.27. The van der Waals surface area contributed by atoms with Crippen molar-refractivity contribution in [2.24, 2.45) is 5.92 Å². The second kappa shape index (κ2) is 8.38. The third kappa shape index (κ3) is 4.14. The first-order valence-electron chi connectivity index (χ1n) is 10.00. The zero-order chi connectivity index (χ0) is 19.3. The number of anilines is 1. The Bertz CT molecular complexity index is 943. The predicted octanol–water partition coefficient (Wildman–Crippen LogP) is 3.77. The molecule has 1 fully saturated rings. The molecule has 144 valence electrons. The molecule has 2 heterocycles. The van der Waals surface area contributed by atoms with Gasteiger partial charge in [-0.25, -0.2) is 4.98 Å². The number of hydrogen-bond acceptors (Lipinski definition) is 4. The lowest BCUT2D eigenvalue weighted by atomic mass is 9.96. The topological polar surface area (TPSA) is 58.1 Å². The van der Waals surface area contributed by atoms with Gasteiger partial charge in [-0.05, 0) is 36.5 Å². The van der Waals surface area contributed by atoms with E-state index in [1.165, 1.54) is 5.56 Å². The van der Waals surface area contributed by atoms with Crippen LogP contribution in [0, 0.1) is 5.92 Å². The Morgan fingerprint density at radius 3 is 2.71 bits per heavy atom. The minimum atomic E-state index is -0.00927. The lowest BCUT2D eigenvalue weighted by Crippen LogP contribution is -2.44. The largest absolute Gasteiger partial charge is 0.355 e. The molecule has 1 aromatic heterocycles. The molecule has 1 aliphatic heterocycles. The molecule has 2 unspecified atom stereocenters. The van der Waals surface area contributed by atoms with E-state index in [-0.39, 0.29) is 11.8 Å². The van der Waals surface area contributed by atoms with Gasteiger partial charge in [-0.2, -0.15) is 0 Å². The van der Waals surface area contributed by atoms with Crippen molar-refractivity contribution < 1.29 is 4.79 Å². The lowest BCUT2D eigenvalue weighted by molar-refractivity contribution is -0.125. The van der Waals surface area contributed by atoms with Gasteiger partial charge < -0.3 is 10.2 Å². The molecule has 2 atom stereocenters. The summed E-state index contributed by atoms with van der Waals surface area (Å²) >= 11 is 0. The van der Waals surface area contributed by atoms with E-state index in [4.69, 9.17) is 4.98 Å². The fourth-order valence-corrected chi connectivity index (χ4v) is 3.80. The molecule has 1 aliphatic rings. The van der Waals surface area contributed by atoms with Crippen molar-refractivity contribution in [3.05, 3.63) is 66.4 Å². The zero-order valence-electron chi connectivity index (χ0n) is 16.2. The van der Waals surface area contributed by atoms with Crippen LogP contribution < -0.4 is 10.2 Å². The summed E-state index contributed by atoms with van der Waals surface area (Å²) in [6, 6.07) is 18.2. The number of para-hydroxylation sites is 2. The molecule has 5 heteroatoms. The summed E-state index contributed by atoms with van der Waals surface area (Å²) in [6.07, 6.45) is 3.73. The number of piperidine rings is 1. The van der Waals surface area contributed by atoms with Crippen LogP contribution in [0.3, 0.4) is 0 Å². The summed E-state index contributed by atoms with van der Waals surface area (Å²) < 4.78 is 0. The predicted molar refractivity (Wildman–Crippen MR) is 112 cm³/mol. The highest BCUT2D eigenvalue weighted by atomic mass is 16.1. The second-order valence-electron chi connectivity index (χ2n) is 7.56. The second-order valence-corrected chi connectivity index (χ2v) is 7.56. The van der Waals surface area contributed by atoms with Gasteiger partial charge >= 0.3 is 0 Å². The quantitative estimate of drug-likeness (QED) is 0.739. The summed E-state index contributed by atoms with van der Waals surface area (Å²) in [5.41, 5.74) is 3.04. The molecule has 0 bridgehead atoms. The fraction of sp³-hybridized carbons (Fsp3) is 0.348. The molecule has 5 nitrogen and oxygen atoms in total. The number of amides is 1. The van der Waals surface area contributed by atoms with Gasteiger partial charge in [-0.15, -0.1) is 0 Å². The normalized spacial score (nSPS) is 18.0. The van der Waals surface area contributed by atoms with Crippen LogP contribution in [0.1, 0.15) is 31.2 Å².